The summed E-state index contributed by atoms with van der Waals surface area (Å²) in [7, 11) is 0. The molecule has 1 aliphatic rings. The van der Waals surface area contributed by atoms with Gasteiger partial charge in [0.1, 0.15) is 6.29 Å². The lowest BCUT2D eigenvalue weighted by Gasteiger charge is -2.13. The van der Waals surface area contributed by atoms with E-state index in [1.54, 1.807) is 0 Å². The highest BCUT2D eigenvalue weighted by Crippen LogP contribution is 2.07. The van der Waals surface area contributed by atoms with E-state index >= 15 is 0 Å². The van der Waals surface area contributed by atoms with E-state index < -0.39 is 6.29 Å². The number of carbonyl (C=O) groups excluding carboxylic acids is 1. The highest BCUT2D eigenvalue weighted by atomic mass is 127. The number of amides is 2. The third-order valence-electron chi connectivity index (χ3n) is 2.09. The average Bonchev–Trinajstić information content (AvgIpc) is 2.52. The summed E-state index contributed by atoms with van der Waals surface area (Å²) < 4.78 is 0. The molecule has 0 aromatic heterocycles. The van der Waals surface area contributed by atoms with E-state index in [1.807, 2.05) is 4.90 Å². The fourth-order valence-corrected chi connectivity index (χ4v) is 3.45. The van der Waals surface area contributed by atoms with Gasteiger partial charge in [-0.1, -0.05) is 0 Å². The SMILES string of the molecule is O=C1NCCN1CCC[SiH](I)CO. The van der Waals surface area contributed by atoms with E-state index in [0.29, 0.717) is 6.23 Å². The number of carbonyl (C=O) groups is 1. The van der Waals surface area contributed by atoms with Gasteiger partial charge in [-0.15, -0.1) is 21.8 Å². The van der Waals surface area contributed by atoms with Crippen molar-refractivity contribution in [1.82, 2.24) is 10.2 Å². The van der Waals surface area contributed by atoms with Crippen molar-refractivity contribution in [2.24, 2.45) is 0 Å². The van der Waals surface area contributed by atoms with Crippen molar-refractivity contribution < 1.29 is 9.90 Å². The normalized spacial score (nSPS) is 18.9. The van der Waals surface area contributed by atoms with Crippen LogP contribution in [0.25, 0.3) is 0 Å². The largest absolute Gasteiger partial charge is 0.399 e. The van der Waals surface area contributed by atoms with Crippen LogP contribution in [0.5, 0.6) is 0 Å². The lowest BCUT2D eigenvalue weighted by atomic mass is 10.4. The summed E-state index contributed by atoms with van der Waals surface area (Å²) >= 11 is 2.37. The molecule has 1 atom stereocenters. The van der Waals surface area contributed by atoms with Crippen LogP contribution in [0.1, 0.15) is 6.42 Å². The number of hydrogen-bond donors (Lipinski definition) is 2. The second-order valence-corrected chi connectivity index (χ2v) is 10.6. The smallest absolute Gasteiger partial charge is 0.317 e. The predicted octanol–water partition coefficient (Wildman–Crippen LogP) is 0.0920. The van der Waals surface area contributed by atoms with Gasteiger partial charge in [0.2, 0.25) is 0 Å². The molecule has 76 valence electrons. The number of halogens is 1. The molecular weight excluding hydrogens is 299 g/mol. The second-order valence-electron chi connectivity index (χ2n) is 3.14. The van der Waals surface area contributed by atoms with E-state index in [9.17, 15) is 4.79 Å². The van der Waals surface area contributed by atoms with Crippen molar-refractivity contribution >= 4 is 34.1 Å². The van der Waals surface area contributed by atoms with Gasteiger partial charge in [-0.2, -0.15) is 0 Å². The van der Waals surface area contributed by atoms with Gasteiger partial charge in [0.15, 0.2) is 0 Å². The summed E-state index contributed by atoms with van der Waals surface area (Å²) in [5.41, 5.74) is 0. The van der Waals surface area contributed by atoms with Gasteiger partial charge in [-0.3, -0.25) is 0 Å². The number of nitrogens with one attached hydrogen (secondary N) is 1. The molecule has 0 aromatic carbocycles. The maximum Gasteiger partial charge on any atom is 0.317 e. The van der Waals surface area contributed by atoms with Gasteiger partial charge in [0, 0.05) is 25.9 Å². The zero-order valence-corrected chi connectivity index (χ0v) is 10.8. The van der Waals surface area contributed by atoms with Gasteiger partial charge in [-0.25, -0.2) is 4.79 Å². The van der Waals surface area contributed by atoms with Crippen LogP contribution in [0.2, 0.25) is 6.04 Å². The molecule has 6 heteroatoms. The summed E-state index contributed by atoms with van der Waals surface area (Å²) in [5.74, 6) is 0. The van der Waals surface area contributed by atoms with Crippen molar-refractivity contribution in [2.75, 3.05) is 25.9 Å². The standard InChI is InChI=1S/C7H15IN2O2Si/c8-13(6-11)5-1-3-10-4-2-9-7(10)12/h11,13H,1-6H2,(H,9,12). The Morgan fingerprint density at radius 2 is 2.46 bits per heavy atom. The Hall–Kier alpha value is 0.177. The molecule has 13 heavy (non-hydrogen) atoms. The van der Waals surface area contributed by atoms with Crippen LogP contribution >= 0.6 is 21.8 Å². The molecule has 1 aliphatic heterocycles. The molecule has 0 radical (unpaired) electrons. The number of rotatable bonds is 5. The summed E-state index contributed by atoms with van der Waals surface area (Å²) in [6, 6.07) is 1.18. The topological polar surface area (TPSA) is 52.6 Å². The Kier molecular flexibility index (Phi) is 5.03. The van der Waals surface area contributed by atoms with Gasteiger partial charge in [-0.05, 0) is 12.5 Å². The van der Waals surface area contributed by atoms with Crippen LogP contribution in [0.15, 0.2) is 0 Å². The molecule has 0 bridgehead atoms. The lowest BCUT2D eigenvalue weighted by Crippen LogP contribution is -2.29. The molecule has 1 heterocycles. The third kappa shape index (κ3) is 3.82. The van der Waals surface area contributed by atoms with Gasteiger partial charge >= 0.3 is 6.03 Å². The first kappa shape index (κ1) is 11.3. The predicted molar refractivity (Wildman–Crippen MR) is 62.7 cm³/mol. The quantitative estimate of drug-likeness (QED) is 0.429. The van der Waals surface area contributed by atoms with Crippen molar-refractivity contribution in [3.05, 3.63) is 0 Å². The molecule has 4 nitrogen and oxygen atoms in total. The van der Waals surface area contributed by atoms with Gasteiger partial charge in [0.25, 0.3) is 0 Å². The fraction of sp³-hybridized carbons (Fsp3) is 0.857. The Morgan fingerprint density at radius 3 is 3.00 bits per heavy atom. The summed E-state index contributed by atoms with van der Waals surface area (Å²) in [4.78, 5) is 12.9. The Morgan fingerprint density at radius 1 is 1.69 bits per heavy atom. The van der Waals surface area contributed by atoms with Crippen LogP contribution in [0.4, 0.5) is 4.79 Å². The summed E-state index contributed by atoms with van der Waals surface area (Å²) in [6.07, 6.45) is 0.508. The minimum absolute atomic E-state index is 0.0654. The number of aliphatic hydroxyl groups is 1. The molecule has 1 unspecified atom stereocenters. The molecule has 1 rings (SSSR count). The van der Waals surface area contributed by atoms with E-state index in [0.717, 1.165) is 32.1 Å². The third-order valence-corrected chi connectivity index (χ3v) is 6.57. The molecule has 0 aliphatic carbocycles. The Labute approximate surface area is 92.5 Å². The molecule has 2 amide bonds. The number of urea groups is 1. The van der Waals surface area contributed by atoms with Crippen LogP contribution in [0, 0.1) is 0 Å². The Bertz CT molecular complexity index is 182. The Balaban J connectivity index is 2.08. The lowest BCUT2D eigenvalue weighted by molar-refractivity contribution is 0.217. The van der Waals surface area contributed by atoms with Gasteiger partial charge < -0.3 is 15.3 Å². The highest BCUT2D eigenvalue weighted by molar-refractivity contribution is 14.1. The van der Waals surface area contributed by atoms with Crippen LogP contribution in [-0.2, 0) is 0 Å². The minimum Gasteiger partial charge on any atom is -0.399 e. The number of nitrogens with zero attached hydrogens (tertiary/aromatic N) is 1. The zero-order valence-electron chi connectivity index (χ0n) is 7.50. The number of aliphatic hydroxyl groups excluding tert-OH is 1. The zero-order chi connectivity index (χ0) is 9.68. The van der Waals surface area contributed by atoms with Crippen LogP contribution in [-0.4, -0.2) is 48.2 Å². The molecule has 0 aromatic rings. The van der Waals surface area contributed by atoms with E-state index in [4.69, 9.17) is 5.11 Å². The average molecular weight is 314 g/mol. The van der Waals surface area contributed by atoms with Crippen LogP contribution < -0.4 is 5.32 Å². The first-order valence-corrected chi connectivity index (χ1v) is 10.3. The van der Waals surface area contributed by atoms with Crippen molar-refractivity contribution in [3.8, 4) is 0 Å². The van der Waals surface area contributed by atoms with Crippen molar-refractivity contribution in [2.45, 2.75) is 12.5 Å². The van der Waals surface area contributed by atoms with Gasteiger partial charge in [0.05, 0.1) is 0 Å². The molecule has 1 fully saturated rings. The fourth-order valence-electron chi connectivity index (χ4n) is 1.32. The van der Waals surface area contributed by atoms with E-state index in [-0.39, 0.29) is 6.03 Å². The molecule has 0 saturated carbocycles. The van der Waals surface area contributed by atoms with Crippen molar-refractivity contribution in [1.29, 1.82) is 0 Å². The monoisotopic (exact) mass is 314 g/mol. The minimum atomic E-state index is -0.895. The van der Waals surface area contributed by atoms with E-state index in [1.165, 1.54) is 0 Å². The van der Waals surface area contributed by atoms with Crippen LogP contribution in [0.3, 0.4) is 0 Å². The molecular formula is C7H15IN2O2Si. The van der Waals surface area contributed by atoms with E-state index in [2.05, 4.69) is 27.1 Å². The first-order valence-electron chi connectivity index (χ1n) is 4.51. The van der Waals surface area contributed by atoms with Crippen molar-refractivity contribution in [3.63, 3.8) is 0 Å². The maximum absolute atomic E-state index is 11.1. The molecule has 1 saturated heterocycles. The highest BCUT2D eigenvalue weighted by Gasteiger charge is 2.18. The summed E-state index contributed by atoms with van der Waals surface area (Å²) in [6.45, 7) is 2.47. The molecule has 0 spiro atoms. The number of hydrogen-bond acceptors (Lipinski definition) is 2. The second kappa shape index (κ2) is 5.81. The molecule has 2 N–H and O–H groups in total. The summed E-state index contributed by atoms with van der Waals surface area (Å²) in [5, 5.41) is 11.6. The maximum atomic E-state index is 11.1. The first-order chi connectivity index (χ1) is 6.24.